The topological polar surface area (TPSA) is 52.1 Å². The minimum atomic E-state index is 0.416. The molecular formula is C16H12N2O2. The van der Waals surface area contributed by atoms with Gasteiger partial charge in [0, 0.05) is 0 Å². The van der Waals surface area contributed by atoms with Gasteiger partial charge in [0.25, 0.3) is 11.8 Å². The van der Waals surface area contributed by atoms with Crippen molar-refractivity contribution in [3.63, 3.8) is 0 Å². The molecule has 0 aliphatic carbocycles. The van der Waals surface area contributed by atoms with E-state index in [0.717, 1.165) is 33.3 Å². The Hall–Kier alpha value is -2.62. The summed E-state index contributed by atoms with van der Waals surface area (Å²) in [5.74, 6) is 0.837. The Morgan fingerprint density at radius 1 is 0.850 bits per heavy atom. The third-order valence-electron chi connectivity index (χ3n) is 3.30. The molecular weight excluding hydrogens is 252 g/mol. The van der Waals surface area contributed by atoms with E-state index in [9.17, 15) is 0 Å². The molecule has 0 atom stereocenters. The summed E-state index contributed by atoms with van der Waals surface area (Å²) in [6.45, 7) is 4.05. The summed E-state index contributed by atoms with van der Waals surface area (Å²) >= 11 is 0. The maximum atomic E-state index is 5.80. The van der Waals surface area contributed by atoms with E-state index < -0.39 is 0 Å². The van der Waals surface area contributed by atoms with Crippen LogP contribution in [0.25, 0.3) is 34.0 Å². The molecule has 0 radical (unpaired) electrons. The minimum absolute atomic E-state index is 0.416. The van der Waals surface area contributed by atoms with Crippen LogP contribution in [-0.2, 0) is 0 Å². The lowest BCUT2D eigenvalue weighted by molar-refractivity contribution is 0.549. The van der Waals surface area contributed by atoms with E-state index in [0.29, 0.717) is 11.8 Å². The zero-order valence-corrected chi connectivity index (χ0v) is 11.2. The highest BCUT2D eigenvalue weighted by atomic mass is 16.4. The Morgan fingerprint density at radius 3 is 2.45 bits per heavy atom. The molecule has 2 heterocycles. The SMILES string of the molecule is Cc1cc(C)c2oc(-c3nc4ccccc4o3)nc2c1. The summed E-state index contributed by atoms with van der Waals surface area (Å²) in [4.78, 5) is 8.88. The first-order chi connectivity index (χ1) is 9.70. The van der Waals surface area contributed by atoms with Crippen LogP contribution in [0.3, 0.4) is 0 Å². The maximum absolute atomic E-state index is 5.80. The number of aromatic nitrogens is 2. The van der Waals surface area contributed by atoms with Crippen LogP contribution in [0.1, 0.15) is 11.1 Å². The average Bonchev–Trinajstić information content (AvgIpc) is 3.01. The van der Waals surface area contributed by atoms with Gasteiger partial charge < -0.3 is 8.83 Å². The van der Waals surface area contributed by atoms with Crippen LogP contribution < -0.4 is 0 Å². The molecule has 4 aromatic rings. The van der Waals surface area contributed by atoms with Crippen LogP contribution in [0.15, 0.2) is 45.2 Å². The number of fused-ring (bicyclic) bond motifs is 2. The normalized spacial score (nSPS) is 11.5. The number of oxazole rings is 2. The predicted octanol–water partition coefficient (Wildman–Crippen LogP) is 4.25. The smallest absolute Gasteiger partial charge is 0.284 e. The first-order valence-corrected chi connectivity index (χ1v) is 6.44. The molecule has 0 unspecified atom stereocenters. The van der Waals surface area contributed by atoms with Crippen LogP contribution in [0.4, 0.5) is 0 Å². The summed E-state index contributed by atoms with van der Waals surface area (Å²) in [7, 11) is 0. The van der Waals surface area contributed by atoms with Crippen LogP contribution >= 0.6 is 0 Å². The Labute approximate surface area is 115 Å². The summed E-state index contributed by atoms with van der Waals surface area (Å²) in [5.41, 5.74) is 5.38. The first kappa shape index (κ1) is 11.2. The van der Waals surface area contributed by atoms with Crippen LogP contribution in [0.5, 0.6) is 0 Å². The lowest BCUT2D eigenvalue weighted by atomic mass is 10.1. The number of hydrogen-bond acceptors (Lipinski definition) is 4. The molecule has 0 aliphatic heterocycles. The van der Waals surface area contributed by atoms with Gasteiger partial charge in [-0.15, -0.1) is 0 Å². The molecule has 0 bridgehead atoms. The van der Waals surface area contributed by atoms with Crippen molar-refractivity contribution >= 4 is 22.2 Å². The molecule has 4 heteroatoms. The van der Waals surface area contributed by atoms with Gasteiger partial charge in [-0.3, -0.25) is 0 Å². The maximum Gasteiger partial charge on any atom is 0.284 e. The van der Waals surface area contributed by atoms with Gasteiger partial charge in [0.1, 0.15) is 11.0 Å². The monoisotopic (exact) mass is 264 g/mol. The number of benzene rings is 2. The van der Waals surface area contributed by atoms with Crippen molar-refractivity contribution in [2.24, 2.45) is 0 Å². The molecule has 4 nitrogen and oxygen atoms in total. The largest absolute Gasteiger partial charge is 0.432 e. The molecule has 20 heavy (non-hydrogen) atoms. The van der Waals surface area contributed by atoms with Crippen LogP contribution in [0.2, 0.25) is 0 Å². The highest BCUT2D eigenvalue weighted by Crippen LogP contribution is 2.28. The number of para-hydroxylation sites is 2. The van der Waals surface area contributed by atoms with Gasteiger partial charge in [0.2, 0.25) is 0 Å². The third kappa shape index (κ3) is 1.61. The molecule has 0 fully saturated rings. The fraction of sp³-hybridized carbons (Fsp3) is 0.125. The molecule has 98 valence electrons. The van der Waals surface area contributed by atoms with Crippen molar-refractivity contribution in [1.29, 1.82) is 0 Å². The van der Waals surface area contributed by atoms with E-state index in [1.165, 1.54) is 0 Å². The van der Waals surface area contributed by atoms with Gasteiger partial charge in [-0.25, -0.2) is 9.97 Å². The number of rotatable bonds is 1. The molecule has 0 N–H and O–H groups in total. The minimum Gasteiger partial charge on any atom is -0.432 e. The van der Waals surface area contributed by atoms with E-state index in [1.54, 1.807) is 0 Å². The Balaban J connectivity index is 1.95. The van der Waals surface area contributed by atoms with Gasteiger partial charge in [-0.2, -0.15) is 0 Å². The first-order valence-electron chi connectivity index (χ1n) is 6.44. The molecule has 0 amide bonds. The lowest BCUT2D eigenvalue weighted by Gasteiger charge is -1.94. The molecule has 4 rings (SSSR count). The van der Waals surface area contributed by atoms with E-state index in [2.05, 4.69) is 16.0 Å². The number of aryl methyl sites for hydroxylation is 2. The second-order valence-electron chi connectivity index (χ2n) is 4.94. The third-order valence-corrected chi connectivity index (χ3v) is 3.30. The highest BCUT2D eigenvalue weighted by Gasteiger charge is 2.16. The molecule has 0 aliphatic rings. The summed E-state index contributed by atoms with van der Waals surface area (Å²) in [5, 5.41) is 0. The fourth-order valence-corrected chi connectivity index (χ4v) is 2.43. The summed E-state index contributed by atoms with van der Waals surface area (Å²) < 4.78 is 11.5. The quantitative estimate of drug-likeness (QED) is 0.515. The number of hydrogen-bond donors (Lipinski definition) is 0. The second-order valence-corrected chi connectivity index (χ2v) is 4.94. The van der Waals surface area contributed by atoms with Crippen molar-refractivity contribution in [3.05, 3.63) is 47.5 Å². The van der Waals surface area contributed by atoms with Crippen LogP contribution in [-0.4, -0.2) is 9.97 Å². The Kier molecular flexibility index (Phi) is 2.21. The van der Waals surface area contributed by atoms with Crippen molar-refractivity contribution in [2.75, 3.05) is 0 Å². The van der Waals surface area contributed by atoms with Crippen molar-refractivity contribution in [2.45, 2.75) is 13.8 Å². The van der Waals surface area contributed by atoms with Gasteiger partial charge >= 0.3 is 0 Å². The highest BCUT2D eigenvalue weighted by molar-refractivity contribution is 5.80. The van der Waals surface area contributed by atoms with E-state index in [4.69, 9.17) is 8.83 Å². The molecule has 2 aromatic heterocycles. The zero-order valence-electron chi connectivity index (χ0n) is 11.2. The standard InChI is InChI=1S/C16H12N2O2/c1-9-7-10(2)14-12(8-9)18-16(20-14)15-17-11-5-3-4-6-13(11)19-15/h3-8H,1-2H3. The van der Waals surface area contributed by atoms with Gasteiger partial charge in [-0.1, -0.05) is 18.2 Å². The Bertz CT molecular complexity index is 901. The van der Waals surface area contributed by atoms with Gasteiger partial charge in [-0.05, 0) is 43.2 Å². The van der Waals surface area contributed by atoms with Crippen molar-refractivity contribution in [1.82, 2.24) is 9.97 Å². The van der Waals surface area contributed by atoms with Gasteiger partial charge in [0.05, 0.1) is 0 Å². The molecule has 0 spiro atoms. The predicted molar refractivity (Wildman–Crippen MR) is 76.5 cm³/mol. The zero-order chi connectivity index (χ0) is 13.7. The molecule has 0 saturated heterocycles. The number of nitrogens with zero attached hydrogens (tertiary/aromatic N) is 2. The van der Waals surface area contributed by atoms with E-state index in [1.807, 2.05) is 44.2 Å². The second kappa shape index (κ2) is 3.93. The van der Waals surface area contributed by atoms with Crippen molar-refractivity contribution < 1.29 is 8.83 Å². The lowest BCUT2D eigenvalue weighted by Crippen LogP contribution is -1.78. The van der Waals surface area contributed by atoms with Crippen molar-refractivity contribution in [3.8, 4) is 11.8 Å². The average molecular weight is 264 g/mol. The van der Waals surface area contributed by atoms with Crippen LogP contribution in [0, 0.1) is 13.8 Å². The summed E-state index contributed by atoms with van der Waals surface area (Å²) in [6, 6.07) is 11.7. The van der Waals surface area contributed by atoms with Gasteiger partial charge in [0.15, 0.2) is 11.2 Å². The Morgan fingerprint density at radius 2 is 1.60 bits per heavy atom. The van der Waals surface area contributed by atoms with E-state index in [-0.39, 0.29) is 0 Å². The molecule has 2 aromatic carbocycles. The summed E-state index contributed by atoms with van der Waals surface area (Å²) in [6.07, 6.45) is 0. The van der Waals surface area contributed by atoms with E-state index >= 15 is 0 Å². The fourth-order valence-electron chi connectivity index (χ4n) is 2.43. The molecule has 0 saturated carbocycles.